The van der Waals surface area contributed by atoms with Crippen LogP contribution in [-0.4, -0.2) is 24.0 Å². The Morgan fingerprint density at radius 3 is 2.04 bits per heavy atom. The van der Waals surface area contributed by atoms with Gasteiger partial charge in [0.25, 0.3) is 0 Å². The van der Waals surface area contributed by atoms with Gasteiger partial charge >= 0.3 is 6.03 Å². The smallest absolute Gasteiger partial charge is 0.321 e. The van der Waals surface area contributed by atoms with E-state index in [0.717, 1.165) is 16.8 Å². The number of carbonyl (C=O) groups excluding carboxylic acids is 2. The third-order valence-corrected chi connectivity index (χ3v) is 3.19. The molecule has 0 aromatic heterocycles. The highest BCUT2D eigenvalue weighted by Gasteiger charge is 2.15. The molecule has 2 aromatic carbocycles. The van der Waals surface area contributed by atoms with Crippen molar-refractivity contribution in [3.63, 3.8) is 0 Å². The minimum Gasteiger partial charge on any atom is -0.376 e. The molecule has 5 heteroatoms. The maximum atomic E-state index is 11.8. The van der Waals surface area contributed by atoms with Crippen molar-refractivity contribution in [2.45, 2.75) is 26.3 Å². The topological polar surface area (TPSA) is 70.2 Å². The van der Waals surface area contributed by atoms with Gasteiger partial charge in [-0.15, -0.1) is 0 Å². The molecule has 0 saturated carbocycles. The van der Waals surface area contributed by atoms with E-state index in [-0.39, 0.29) is 18.0 Å². The Labute approximate surface area is 142 Å². The standard InChI is InChI=1S/C19H23N3O2/c1-19(2,3)22-18(24)21-17(23)13-20-16-11-9-15(10-12-16)14-7-5-4-6-8-14/h4-12,20H,13H2,1-3H3,(H2,21,22,23,24). The number of nitrogens with one attached hydrogen (secondary N) is 3. The predicted octanol–water partition coefficient (Wildman–Crippen LogP) is 3.39. The Kier molecular flexibility index (Phi) is 5.58. The van der Waals surface area contributed by atoms with Crippen molar-refractivity contribution in [1.29, 1.82) is 0 Å². The molecule has 0 unspecified atom stereocenters. The summed E-state index contributed by atoms with van der Waals surface area (Å²) in [6.45, 7) is 5.58. The number of rotatable bonds is 4. The van der Waals surface area contributed by atoms with Crippen LogP contribution in [0, 0.1) is 0 Å². The van der Waals surface area contributed by atoms with Crippen LogP contribution in [-0.2, 0) is 4.79 Å². The Morgan fingerprint density at radius 2 is 1.46 bits per heavy atom. The molecule has 2 rings (SSSR count). The lowest BCUT2D eigenvalue weighted by atomic mass is 10.1. The fraction of sp³-hybridized carbons (Fsp3) is 0.263. The van der Waals surface area contributed by atoms with Crippen molar-refractivity contribution in [2.75, 3.05) is 11.9 Å². The minimum atomic E-state index is -0.492. The van der Waals surface area contributed by atoms with Gasteiger partial charge in [0.1, 0.15) is 0 Å². The first-order valence-corrected chi connectivity index (χ1v) is 7.85. The van der Waals surface area contributed by atoms with E-state index in [2.05, 4.69) is 16.0 Å². The van der Waals surface area contributed by atoms with Gasteiger partial charge in [-0.25, -0.2) is 4.79 Å². The first kappa shape index (κ1) is 17.5. The van der Waals surface area contributed by atoms with Gasteiger partial charge in [-0.1, -0.05) is 42.5 Å². The second kappa shape index (κ2) is 7.64. The molecule has 3 N–H and O–H groups in total. The fourth-order valence-electron chi connectivity index (χ4n) is 2.14. The van der Waals surface area contributed by atoms with Crippen molar-refractivity contribution in [3.8, 4) is 11.1 Å². The highest BCUT2D eigenvalue weighted by atomic mass is 16.2. The van der Waals surface area contributed by atoms with Crippen LogP contribution >= 0.6 is 0 Å². The molecule has 126 valence electrons. The molecule has 0 heterocycles. The van der Waals surface area contributed by atoms with Crippen LogP contribution in [0.25, 0.3) is 11.1 Å². The zero-order valence-electron chi connectivity index (χ0n) is 14.2. The molecule has 0 aliphatic heterocycles. The summed E-state index contributed by atoms with van der Waals surface area (Å²) in [4.78, 5) is 23.4. The highest BCUT2D eigenvalue weighted by molar-refractivity contribution is 5.96. The van der Waals surface area contributed by atoms with E-state index in [0.29, 0.717) is 0 Å². The molecule has 5 nitrogen and oxygen atoms in total. The van der Waals surface area contributed by atoms with Crippen LogP contribution in [0.15, 0.2) is 54.6 Å². The van der Waals surface area contributed by atoms with Gasteiger partial charge < -0.3 is 10.6 Å². The molecule has 3 amide bonds. The summed E-state index contributed by atoms with van der Waals surface area (Å²) in [6.07, 6.45) is 0. The van der Waals surface area contributed by atoms with E-state index in [9.17, 15) is 9.59 Å². The van der Waals surface area contributed by atoms with Crippen LogP contribution in [0.3, 0.4) is 0 Å². The second-order valence-electron chi connectivity index (χ2n) is 6.55. The van der Waals surface area contributed by atoms with E-state index in [4.69, 9.17) is 0 Å². The molecule has 24 heavy (non-hydrogen) atoms. The number of hydrogen-bond acceptors (Lipinski definition) is 3. The van der Waals surface area contributed by atoms with Gasteiger partial charge in [0, 0.05) is 11.2 Å². The van der Waals surface area contributed by atoms with E-state index < -0.39 is 6.03 Å². The number of benzene rings is 2. The van der Waals surface area contributed by atoms with Gasteiger partial charge in [0.2, 0.25) is 5.91 Å². The summed E-state index contributed by atoms with van der Waals surface area (Å²) in [5, 5.41) is 7.97. The molecule has 0 radical (unpaired) electrons. The largest absolute Gasteiger partial charge is 0.376 e. The number of amides is 3. The van der Waals surface area contributed by atoms with Crippen LogP contribution in [0.2, 0.25) is 0 Å². The number of anilines is 1. The summed E-state index contributed by atoms with van der Waals surface area (Å²) in [5.74, 6) is -0.385. The minimum absolute atomic E-state index is 0.0300. The van der Waals surface area contributed by atoms with Crippen molar-refractivity contribution >= 4 is 17.6 Å². The van der Waals surface area contributed by atoms with Crippen LogP contribution in [0.5, 0.6) is 0 Å². The fourth-order valence-corrected chi connectivity index (χ4v) is 2.14. The quantitative estimate of drug-likeness (QED) is 0.807. The summed E-state index contributed by atoms with van der Waals surface area (Å²) in [5.41, 5.74) is 2.68. The van der Waals surface area contributed by atoms with Crippen LogP contribution in [0.4, 0.5) is 10.5 Å². The third kappa shape index (κ3) is 5.76. The average Bonchev–Trinajstić information content (AvgIpc) is 2.52. The van der Waals surface area contributed by atoms with Crippen molar-refractivity contribution in [2.24, 2.45) is 0 Å². The van der Waals surface area contributed by atoms with E-state index in [1.807, 2.05) is 75.4 Å². The van der Waals surface area contributed by atoms with Gasteiger partial charge in [-0.3, -0.25) is 10.1 Å². The molecule has 0 saturated heterocycles. The average molecular weight is 325 g/mol. The Bertz CT molecular complexity index is 689. The predicted molar refractivity (Wildman–Crippen MR) is 96.8 cm³/mol. The SMILES string of the molecule is CC(C)(C)NC(=O)NC(=O)CNc1ccc(-c2ccccc2)cc1. The van der Waals surface area contributed by atoms with Gasteiger partial charge in [-0.05, 0) is 44.0 Å². The molecule has 0 aliphatic carbocycles. The Morgan fingerprint density at radius 1 is 0.875 bits per heavy atom. The van der Waals surface area contributed by atoms with Gasteiger partial charge in [-0.2, -0.15) is 0 Å². The zero-order chi connectivity index (χ0) is 17.6. The van der Waals surface area contributed by atoms with E-state index in [1.54, 1.807) is 0 Å². The molecule has 0 spiro atoms. The van der Waals surface area contributed by atoms with Crippen LogP contribution in [0.1, 0.15) is 20.8 Å². The molecular weight excluding hydrogens is 302 g/mol. The Balaban J connectivity index is 1.84. The third-order valence-electron chi connectivity index (χ3n) is 3.19. The molecule has 0 fully saturated rings. The number of carbonyl (C=O) groups is 2. The summed E-state index contributed by atoms with van der Waals surface area (Å²) < 4.78 is 0. The highest BCUT2D eigenvalue weighted by Crippen LogP contribution is 2.20. The van der Waals surface area contributed by atoms with E-state index in [1.165, 1.54) is 0 Å². The molecule has 0 bridgehead atoms. The molecular formula is C19H23N3O2. The molecule has 2 aromatic rings. The summed E-state index contributed by atoms with van der Waals surface area (Å²) in [7, 11) is 0. The molecule has 0 atom stereocenters. The zero-order valence-corrected chi connectivity index (χ0v) is 14.2. The van der Waals surface area contributed by atoms with E-state index >= 15 is 0 Å². The van der Waals surface area contributed by atoms with Crippen molar-refractivity contribution in [3.05, 3.63) is 54.6 Å². The van der Waals surface area contributed by atoms with Crippen LogP contribution < -0.4 is 16.0 Å². The summed E-state index contributed by atoms with van der Waals surface area (Å²) in [6, 6.07) is 17.4. The molecule has 0 aliphatic rings. The van der Waals surface area contributed by atoms with Crippen molar-refractivity contribution < 1.29 is 9.59 Å². The second-order valence-corrected chi connectivity index (χ2v) is 6.55. The lowest BCUT2D eigenvalue weighted by Gasteiger charge is -2.20. The maximum Gasteiger partial charge on any atom is 0.321 e. The normalized spacial score (nSPS) is 10.8. The number of imide groups is 1. The summed E-state index contributed by atoms with van der Waals surface area (Å²) >= 11 is 0. The number of urea groups is 1. The lowest BCUT2D eigenvalue weighted by molar-refractivity contribution is -0.118. The lowest BCUT2D eigenvalue weighted by Crippen LogP contribution is -2.49. The maximum absolute atomic E-state index is 11.8. The van der Waals surface area contributed by atoms with Gasteiger partial charge in [0.05, 0.1) is 6.54 Å². The first-order valence-electron chi connectivity index (χ1n) is 7.85. The monoisotopic (exact) mass is 325 g/mol. The Hall–Kier alpha value is -2.82. The first-order chi connectivity index (χ1) is 11.3. The van der Waals surface area contributed by atoms with Crippen molar-refractivity contribution in [1.82, 2.24) is 10.6 Å². The number of hydrogen-bond donors (Lipinski definition) is 3. The van der Waals surface area contributed by atoms with Gasteiger partial charge in [0.15, 0.2) is 0 Å².